The first kappa shape index (κ1) is 7.80. The molecule has 0 unspecified atom stereocenters. The van der Waals surface area contributed by atoms with E-state index in [1.165, 1.54) is 17.7 Å². The first-order chi connectivity index (χ1) is 5.75. The Bertz CT molecular complexity index is 299. The number of carbonyl (C=O) groups is 1. The smallest absolute Gasteiger partial charge is 0.336 e. The Labute approximate surface area is 74.8 Å². The van der Waals surface area contributed by atoms with Gasteiger partial charge in [0.05, 0.1) is 5.56 Å². The average molecular weight is 182 g/mol. The van der Waals surface area contributed by atoms with E-state index in [1.54, 1.807) is 22.8 Å². The van der Waals surface area contributed by atoms with Gasteiger partial charge in [-0.2, -0.15) is 0 Å². The minimum atomic E-state index is -0.812. The monoisotopic (exact) mass is 182 g/mol. The van der Waals surface area contributed by atoms with Crippen molar-refractivity contribution in [2.75, 3.05) is 0 Å². The van der Waals surface area contributed by atoms with Gasteiger partial charge in [0.25, 0.3) is 0 Å². The maximum absolute atomic E-state index is 10.5. The molecule has 2 nitrogen and oxygen atoms in total. The molecule has 0 amide bonds. The molecule has 3 heteroatoms. The lowest BCUT2D eigenvalue weighted by Crippen LogP contribution is -1.92. The van der Waals surface area contributed by atoms with Gasteiger partial charge in [-0.15, -0.1) is 11.3 Å². The van der Waals surface area contributed by atoms with Crippen molar-refractivity contribution in [3.63, 3.8) is 0 Å². The minimum Gasteiger partial charge on any atom is -0.478 e. The van der Waals surface area contributed by atoms with Crippen LogP contribution in [0.5, 0.6) is 0 Å². The molecule has 0 saturated heterocycles. The summed E-state index contributed by atoms with van der Waals surface area (Å²) in [5.74, 6) is 0.0265. The van der Waals surface area contributed by atoms with Crippen molar-refractivity contribution in [3.05, 3.63) is 21.9 Å². The average Bonchev–Trinajstić information content (AvgIpc) is 2.66. The van der Waals surface area contributed by atoms with E-state index < -0.39 is 5.97 Å². The highest BCUT2D eigenvalue weighted by Gasteiger charge is 2.22. The zero-order valence-corrected chi connectivity index (χ0v) is 7.43. The highest BCUT2D eigenvalue weighted by molar-refractivity contribution is 7.10. The maximum Gasteiger partial charge on any atom is 0.336 e. The molecule has 64 valence electrons. The molecule has 1 aromatic heterocycles. The summed E-state index contributed by atoms with van der Waals surface area (Å²) in [6, 6.07) is 1.80. The molecular weight excluding hydrogens is 172 g/mol. The molecule has 2 rings (SSSR count). The van der Waals surface area contributed by atoms with Crippen molar-refractivity contribution >= 4 is 17.3 Å². The molecule has 12 heavy (non-hydrogen) atoms. The predicted molar refractivity (Wildman–Crippen MR) is 47.7 cm³/mol. The number of aromatic carboxylic acids is 1. The van der Waals surface area contributed by atoms with Crippen LogP contribution in [-0.4, -0.2) is 11.1 Å². The fourth-order valence-electron chi connectivity index (χ4n) is 1.21. The summed E-state index contributed by atoms with van der Waals surface area (Å²) in [5, 5.41) is 10.4. The highest BCUT2D eigenvalue weighted by Crippen LogP contribution is 2.34. The molecular formula is C9H10O2S. The van der Waals surface area contributed by atoms with Crippen LogP contribution in [-0.2, 0) is 6.42 Å². The summed E-state index contributed by atoms with van der Waals surface area (Å²) >= 11 is 1.57. The fourth-order valence-corrected chi connectivity index (χ4v) is 2.18. The topological polar surface area (TPSA) is 37.3 Å². The van der Waals surface area contributed by atoms with Crippen LogP contribution in [0, 0.1) is 5.92 Å². The molecule has 0 radical (unpaired) electrons. The first-order valence-corrected chi connectivity index (χ1v) is 4.94. The van der Waals surface area contributed by atoms with Gasteiger partial charge in [-0.3, -0.25) is 0 Å². The second-order valence-electron chi connectivity index (χ2n) is 3.25. The van der Waals surface area contributed by atoms with Gasteiger partial charge < -0.3 is 5.11 Å². The molecule has 0 bridgehead atoms. The number of rotatable bonds is 3. The number of thiophene rings is 1. The van der Waals surface area contributed by atoms with E-state index in [4.69, 9.17) is 5.11 Å². The van der Waals surface area contributed by atoms with E-state index in [0.717, 1.165) is 12.3 Å². The molecule has 1 saturated carbocycles. The lowest BCUT2D eigenvalue weighted by atomic mass is 10.2. The molecule has 0 spiro atoms. The quantitative estimate of drug-likeness (QED) is 0.779. The van der Waals surface area contributed by atoms with Gasteiger partial charge in [-0.05, 0) is 31.2 Å². The van der Waals surface area contributed by atoms with Crippen LogP contribution < -0.4 is 0 Å². The van der Waals surface area contributed by atoms with Crippen molar-refractivity contribution in [2.24, 2.45) is 5.92 Å². The highest BCUT2D eigenvalue weighted by atomic mass is 32.1. The molecule has 1 aliphatic rings. The van der Waals surface area contributed by atoms with Crippen LogP contribution in [0.1, 0.15) is 28.1 Å². The number of hydrogen-bond acceptors (Lipinski definition) is 2. The standard InChI is InChI=1S/C9H10O2S/c10-9(11)7-4-8(12-5-7)3-6-1-2-6/h4-6H,1-3H2,(H,10,11). The van der Waals surface area contributed by atoms with E-state index in [1.807, 2.05) is 0 Å². The zero-order valence-electron chi connectivity index (χ0n) is 6.62. The molecule has 0 atom stereocenters. The second-order valence-corrected chi connectivity index (χ2v) is 4.25. The number of carboxylic acids is 1. The number of hydrogen-bond donors (Lipinski definition) is 1. The molecule has 1 fully saturated rings. The van der Waals surface area contributed by atoms with E-state index in [9.17, 15) is 4.79 Å². The van der Waals surface area contributed by atoms with Crippen molar-refractivity contribution in [2.45, 2.75) is 19.3 Å². The predicted octanol–water partition coefficient (Wildman–Crippen LogP) is 2.40. The lowest BCUT2D eigenvalue weighted by Gasteiger charge is -1.89. The van der Waals surface area contributed by atoms with Crippen LogP contribution in [0.3, 0.4) is 0 Å². The molecule has 1 aliphatic carbocycles. The summed E-state index contributed by atoms with van der Waals surface area (Å²) in [7, 11) is 0. The Balaban J connectivity index is 2.06. The Hall–Kier alpha value is -0.830. The Morgan fingerprint density at radius 1 is 1.67 bits per heavy atom. The van der Waals surface area contributed by atoms with Gasteiger partial charge >= 0.3 is 5.97 Å². The third-order valence-corrected chi connectivity index (χ3v) is 3.05. The summed E-state index contributed by atoms with van der Waals surface area (Å²) in [4.78, 5) is 11.7. The third-order valence-electron chi connectivity index (χ3n) is 2.09. The third kappa shape index (κ3) is 1.67. The molecule has 1 N–H and O–H groups in total. The Kier molecular flexibility index (Phi) is 1.89. The van der Waals surface area contributed by atoms with E-state index in [0.29, 0.717) is 5.56 Å². The number of carboxylic acid groups (broad SMARTS) is 1. The van der Waals surface area contributed by atoms with Gasteiger partial charge in [0.2, 0.25) is 0 Å². The Morgan fingerprint density at radius 3 is 2.92 bits per heavy atom. The van der Waals surface area contributed by atoms with Crippen molar-refractivity contribution in [1.29, 1.82) is 0 Å². The van der Waals surface area contributed by atoms with Crippen LogP contribution in [0.2, 0.25) is 0 Å². The van der Waals surface area contributed by atoms with Crippen molar-refractivity contribution in [1.82, 2.24) is 0 Å². The zero-order chi connectivity index (χ0) is 8.55. The maximum atomic E-state index is 10.5. The van der Waals surface area contributed by atoms with Crippen LogP contribution >= 0.6 is 11.3 Å². The van der Waals surface area contributed by atoms with Gasteiger partial charge in [0.15, 0.2) is 0 Å². The lowest BCUT2D eigenvalue weighted by molar-refractivity contribution is 0.0697. The van der Waals surface area contributed by atoms with Gasteiger partial charge in [0, 0.05) is 10.3 Å². The first-order valence-electron chi connectivity index (χ1n) is 4.06. The minimum absolute atomic E-state index is 0.440. The van der Waals surface area contributed by atoms with E-state index in [-0.39, 0.29) is 0 Å². The van der Waals surface area contributed by atoms with Gasteiger partial charge in [-0.25, -0.2) is 4.79 Å². The fraction of sp³-hybridized carbons (Fsp3) is 0.444. The second kappa shape index (κ2) is 2.90. The summed E-state index contributed by atoms with van der Waals surface area (Å²) in [6.45, 7) is 0. The largest absolute Gasteiger partial charge is 0.478 e. The van der Waals surface area contributed by atoms with E-state index in [2.05, 4.69) is 0 Å². The molecule has 0 aliphatic heterocycles. The summed E-state index contributed by atoms with van der Waals surface area (Å²) in [5.41, 5.74) is 0.440. The van der Waals surface area contributed by atoms with Crippen LogP contribution in [0.4, 0.5) is 0 Å². The normalized spacial score (nSPS) is 16.3. The van der Waals surface area contributed by atoms with E-state index >= 15 is 0 Å². The molecule has 1 heterocycles. The summed E-state index contributed by atoms with van der Waals surface area (Å²) < 4.78 is 0. The molecule has 1 aromatic rings. The van der Waals surface area contributed by atoms with Gasteiger partial charge in [0.1, 0.15) is 0 Å². The SMILES string of the molecule is O=C(O)c1csc(CC2CC2)c1. The van der Waals surface area contributed by atoms with Crippen LogP contribution in [0.15, 0.2) is 11.4 Å². The summed E-state index contributed by atoms with van der Waals surface area (Å²) in [6.07, 6.45) is 3.72. The van der Waals surface area contributed by atoms with Crippen molar-refractivity contribution in [3.8, 4) is 0 Å². The van der Waals surface area contributed by atoms with Crippen molar-refractivity contribution < 1.29 is 9.90 Å². The molecule has 0 aromatic carbocycles. The van der Waals surface area contributed by atoms with Gasteiger partial charge in [-0.1, -0.05) is 0 Å². The van der Waals surface area contributed by atoms with Crippen LogP contribution in [0.25, 0.3) is 0 Å². The Morgan fingerprint density at radius 2 is 2.42 bits per heavy atom.